The Morgan fingerprint density at radius 3 is 2.85 bits per heavy atom. The van der Waals surface area contributed by atoms with Crippen molar-refractivity contribution in [3.63, 3.8) is 0 Å². The third-order valence-corrected chi connectivity index (χ3v) is 4.28. The van der Waals surface area contributed by atoms with Crippen LogP contribution in [0.2, 0.25) is 0 Å². The number of aliphatic carboxylic acids is 1. The van der Waals surface area contributed by atoms with Crippen LogP contribution >= 0.6 is 11.8 Å². The van der Waals surface area contributed by atoms with Gasteiger partial charge < -0.3 is 5.11 Å². The van der Waals surface area contributed by atoms with E-state index in [1.165, 1.54) is 12.8 Å². The second-order valence-corrected chi connectivity index (χ2v) is 5.18. The summed E-state index contributed by atoms with van der Waals surface area (Å²) in [5, 5.41) is 9.20. The quantitative estimate of drug-likeness (QED) is 0.703. The fourth-order valence-electron chi connectivity index (χ4n) is 2.22. The number of hydrogen-bond acceptors (Lipinski definition) is 2. The average molecular weight is 198 g/mol. The van der Waals surface area contributed by atoms with E-state index in [4.69, 9.17) is 5.11 Å². The lowest BCUT2D eigenvalue weighted by Crippen LogP contribution is -2.10. The van der Waals surface area contributed by atoms with E-state index >= 15 is 0 Å². The van der Waals surface area contributed by atoms with Gasteiger partial charge in [0.2, 0.25) is 0 Å². The molecule has 0 radical (unpaired) electrons. The molecule has 72 valence electrons. The van der Waals surface area contributed by atoms with Gasteiger partial charge in [-0.25, -0.2) is 0 Å². The molecule has 2 aliphatic rings. The van der Waals surface area contributed by atoms with Crippen LogP contribution in [0.1, 0.15) is 19.3 Å². The molecule has 0 aliphatic heterocycles. The van der Waals surface area contributed by atoms with Crippen molar-refractivity contribution in [3.8, 4) is 0 Å². The van der Waals surface area contributed by atoms with Crippen molar-refractivity contribution in [3.05, 3.63) is 12.2 Å². The lowest BCUT2D eigenvalue weighted by atomic mass is 10.1. The van der Waals surface area contributed by atoms with Crippen LogP contribution in [0.25, 0.3) is 0 Å². The van der Waals surface area contributed by atoms with Gasteiger partial charge in [0.05, 0.1) is 6.42 Å². The van der Waals surface area contributed by atoms with Crippen LogP contribution in [0.5, 0.6) is 0 Å². The van der Waals surface area contributed by atoms with Gasteiger partial charge >= 0.3 is 5.97 Å². The van der Waals surface area contributed by atoms with E-state index in [9.17, 15) is 4.79 Å². The van der Waals surface area contributed by atoms with Gasteiger partial charge in [0.25, 0.3) is 0 Å². The Kier molecular flexibility index (Phi) is 2.63. The summed E-state index contributed by atoms with van der Waals surface area (Å²) >= 11 is 1.84. The molecule has 1 N–H and O–H groups in total. The molecule has 2 aliphatic carbocycles. The monoisotopic (exact) mass is 198 g/mol. The molecule has 1 fully saturated rings. The van der Waals surface area contributed by atoms with Crippen molar-refractivity contribution in [2.24, 2.45) is 11.8 Å². The molecular formula is C10H14O2S. The molecule has 2 nitrogen and oxygen atoms in total. The highest BCUT2D eigenvalue weighted by Crippen LogP contribution is 2.44. The molecule has 1 saturated carbocycles. The summed E-state index contributed by atoms with van der Waals surface area (Å²) in [5.41, 5.74) is 0. The van der Waals surface area contributed by atoms with Crippen molar-refractivity contribution in [1.29, 1.82) is 0 Å². The zero-order valence-electron chi connectivity index (χ0n) is 7.48. The maximum atomic E-state index is 10.3. The summed E-state index contributed by atoms with van der Waals surface area (Å²) in [5.74, 6) is 1.64. The highest BCUT2D eigenvalue weighted by Gasteiger charge is 2.35. The highest BCUT2D eigenvalue weighted by molar-refractivity contribution is 7.99. The number of carboxylic acid groups (broad SMARTS) is 1. The Labute approximate surface area is 82.4 Å². The normalized spacial score (nSPS) is 35.5. The standard InChI is InChI=1S/C10H14O2S/c11-10(12)3-4-13-9-6-7-1-2-8(9)5-7/h1-2,7-9H,3-6H2,(H,11,12). The van der Waals surface area contributed by atoms with Crippen molar-refractivity contribution >= 4 is 17.7 Å². The summed E-state index contributed by atoms with van der Waals surface area (Å²) in [7, 11) is 0. The fourth-order valence-corrected chi connectivity index (χ4v) is 3.65. The van der Waals surface area contributed by atoms with Crippen molar-refractivity contribution in [2.75, 3.05) is 5.75 Å². The van der Waals surface area contributed by atoms with Gasteiger partial charge in [-0.1, -0.05) is 12.2 Å². The SMILES string of the molecule is O=C(O)CCSC1CC2C=CC1C2. The van der Waals surface area contributed by atoms with E-state index in [-0.39, 0.29) is 0 Å². The van der Waals surface area contributed by atoms with Crippen LogP contribution in [0.3, 0.4) is 0 Å². The molecule has 2 rings (SSSR count). The minimum absolute atomic E-state index is 0.308. The number of carbonyl (C=O) groups is 1. The molecule has 0 heterocycles. The van der Waals surface area contributed by atoms with Gasteiger partial charge in [0, 0.05) is 11.0 Å². The smallest absolute Gasteiger partial charge is 0.304 e. The number of thioether (sulfide) groups is 1. The topological polar surface area (TPSA) is 37.3 Å². The van der Waals surface area contributed by atoms with Gasteiger partial charge in [0.15, 0.2) is 0 Å². The van der Waals surface area contributed by atoms with Gasteiger partial charge in [-0.3, -0.25) is 4.79 Å². The molecule has 0 saturated heterocycles. The molecular weight excluding hydrogens is 184 g/mol. The summed E-state index contributed by atoms with van der Waals surface area (Å²) in [6.07, 6.45) is 7.52. The lowest BCUT2D eigenvalue weighted by molar-refractivity contribution is -0.136. The average Bonchev–Trinajstić information content (AvgIpc) is 2.64. The Bertz CT molecular complexity index is 237. The first-order valence-electron chi connectivity index (χ1n) is 4.77. The number of carboxylic acids is 1. The molecule has 2 bridgehead atoms. The number of rotatable bonds is 4. The molecule has 3 atom stereocenters. The van der Waals surface area contributed by atoms with E-state index in [1.807, 2.05) is 11.8 Å². The minimum Gasteiger partial charge on any atom is -0.481 e. The number of fused-ring (bicyclic) bond motifs is 2. The molecule has 3 unspecified atom stereocenters. The van der Waals surface area contributed by atoms with Crippen LogP contribution in [0, 0.1) is 11.8 Å². The van der Waals surface area contributed by atoms with Gasteiger partial charge in [-0.2, -0.15) is 11.8 Å². The van der Waals surface area contributed by atoms with Gasteiger partial charge in [-0.05, 0) is 24.7 Å². The second-order valence-electron chi connectivity index (χ2n) is 3.83. The van der Waals surface area contributed by atoms with Crippen LogP contribution in [-0.2, 0) is 4.79 Å². The first-order valence-corrected chi connectivity index (χ1v) is 5.82. The zero-order valence-corrected chi connectivity index (χ0v) is 8.30. The molecule has 0 amide bonds. The highest BCUT2D eigenvalue weighted by atomic mass is 32.2. The predicted molar refractivity (Wildman–Crippen MR) is 53.9 cm³/mol. The van der Waals surface area contributed by atoms with E-state index in [0.29, 0.717) is 11.7 Å². The maximum Gasteiger partial charge on any atom is 0.304 e. The third kappa shape index (κ3) is 2.08. The van der Waals surface area contributed by atoms with Crippen molar-refractivity contribution in [1.82, 2.24) is 0 Å². The first-order chi connectivity index (χ1) is 6.25. The molecule has 3 heteroatoms. The second kappa shape index (κ2) is 3.74. The Balaban J connectivity index is 1.72. The Morgan fingerprint density at radius 1 is 1.46 bits per heavy atom. The molecule has 0 spiro atoms. The zero-order chi connectivity index (χ0) is 9.26. The Morgan fingerprint density at radius 2 is 2.31 bits per heavy atom. The fraction of sp³-hybridized carbons (Fsp3) is 0.700. The molecule has 13 heavy (non-hydrogen) atoms. The maximum absolute atomic E-state index is 10.3. The van der Waals surface area contributed by atoms with E-state index in [2.05, 4.69) is 12.2 Å². The summed E-state index contributed by atoms with van der Waals surface area (Å²) < 4.78 is 0. The molecule has 0 aromatic heterocycles. The predicted octanol–water partition coefficient (Wildman–Crippen LogP) is 2.16. The van der Waals surface area contributed by atoms with E-state index in [0.717, 1.165) is 17.6 Å². The summed E-state index contributed by atoms with van der Waals surface area (Å²) in [6, 6.07) is 0. The van der Waals surface area contributed by atoms with Crippen molar-refractivity contribution < 1.29 is 9.90 Å². The number of hydrogen-bond donors (Lipinski definition) is 1. The van der Waals surface area contributed by atoms with Crippen LogP contribution in [0.15, 0.2) is 12.2 Å². The van der Waals surface area contributed by atoms with Crippen LogP contribution in [0.4, 0.5) is 0 Å². The van der Waals surface area contributed by atoms with Gasteiger partial charge in [0.1, 0.15) is 0 Å². The largest absolute Gasteiger partial charge is 0.481 e. The number of allylic oxidation sites excluding steroid dienone is 2. The first kappa shape index (κ1) is 9.13. The summed E-state index contributed by atoms with van der Waals surface area (Å²) in [4.78, 5) is 10.3. The Hall–Kier alpha value is -0.440. The van der Waals surface area contributed by atoms with Crippen LogP contribution < -0.4 is 0 Å². The lowest BCUT2D eigenvalue weighted by Gasteiger charge is -2.16. The van der Waals surface area contributed by atoms with E-state index in [1.54, 1.807) is 0 Å². The van der Waals surface area contributed by atoms with Crippen molar-refractivity contribution in [2.45, 2.75) is 24.5 Å². The van der Waals surface area contributed by atoms with E-state index < -0.39 is 5.97 Å². The molecule has 0 aromatic rings. The molecule has 0 aromatic carbocycles. The minimum atomic E-state index is -0.675. The summed E-state index contributed by atoms with van der Waals surface area (Å²) in [6.45, 7) is 0. The van der Waals surface area contributed by atoms with Gasteiger partial charge in [-0.15, -0.1) is 0 Å². The van der Waals surface area contributed by atoms with Crippen LogP contribution in [-0.4, -0.2) is 22.1 Å². The third-order valence-electron chi connectivity index (χ3n) is 2.87.